The Morgan fingerprint density at radius 2 is 2.14 bits per heavy atom. The molecule has 1 heterocycles. The molecule has 0 atom stereocenters. The summed E-state index contributed by atoms with van der Waals surface area (Å²) in [4.78, 5) is 4.58. The molecule has 2 rings (SSSR count). The molecule has 14 heavy (non-hydrogen) atoms. The third kappa shape index (κ3) is 1.55. The van der Waals surface area contributed by atoms with E-state index < -0.39 is 0 Å². The average molecular weight is 250 g/mol. The fraction of sp³-hybridized carbons (Fsp3) is 0.250. The molecule has 2 aromatic rings. The van der Waals surface area contributed by atoms with E-state index in [0.29, 0.717) is 0 Å². The summed E-state index contributed by atoms with van der Waals surface area (Å²) in [6.07, 6.45) is 1.04. The van der Waals surface area contributed by atoms with Gasteiger partial charge in [0.2, 0.25) is 0 Å². The van der Waals surface area contributed by atoms with Gasteiger partial charge in [-0.05, 0) is 37.1 Å². The summed E-state index contributed by atoms with van der Waals surface area (Å²) < 4.78 is 1.12. The normalized spacial score (nSPS) is 10.8. The van der Waals surface area contributed by atoms with Gasteiger partial charge in [0.05, 0.1) is 5.52 Å². The monoisotopic (exact) mass is 249 g/mol. The first-order valence-electron chi connectivity index (χ1n) is 4.77. The van der Waals surface area contributed by atoms with Gasteiger partial charge in [-0.2, -0.15) is 0 Å². The van der Waals surface area contributed by atoms with Gasteiger partial charge in [-0.3, -0.25) is 4.98 Å². The van der Waals surface area contributed by atoms with Gasteiger partial charge in [0.1, 0.15) is 0 Å². The molecule has 1 aromatic heterocycles. The van der Waals surface area contributed by atoms with Crippen LogP contribution in [0.1, 0.15) is 18.2 Å². The SMILES string of the molecule is CCc1cc2c(Br)cccc2nc1C. The zero-order valence-corrected chi connectivity index (χ0v) is 9.93. The number of fused-ring (bicyclic) bond motifs is 1. The number of rotatable bonds is 1. The van der Waals surface area contributed by atoms with Crippen molar-refractivity contribution in [1.82, 2.24) is 4.98 Å². The Morgan fingerprint density at radius 1 is 1.36 bits per heavy atom. The Labute approximate surface area is 92.3 Å². The van der Waals surface area contributed by atoms with Crippen molar-refractivity contribution in [2.75, 3.05) is 0 Å². The van der Waals surface area contributed by atoms with Crippen molar-refractivity contribution in [3.8, 4) is 0 Å². The predicted octanol–water partition coefficient (Wildman–Crippen LogP) is 3.87. The van der Waals surface area contributed by atoms with Crippen LogP contribution >= 0.6 is 15.9 Å². The van der Waals surface area contributed by atoms with E-state index >= 15 is 0 Å². The van der Waals surface area contributed by atoms with Crippen molar-refractivity contribution in [1.29, 1.82) is 0 Å². The molecule has 1 nitrogen and oxygen atoms in total. The summed E-state index contributed by atoms with van der Waals surface area (Å²) in [5, 5.41) is 1.20. The summed E-state index contributed by atoms with van der Waals surface area (Å²) in [5.74, 6) is 0. The molecule has 0 bridgehead atoms. The largest absolute Gasteiger partial charge is 0.253 e. The highest BCUT2D eigenvalue weighted by Crippen LogP contribution is 2.24. The van der Waals surface area contributed by atoms with Crippen LogP contribution in [0.3, 0.4) is 0 Å². The van der Waals surface area contributed by atoms with Crippen molar-refractivity contribution >= 4 is 26.8 Å². The summed E-state index contributed by atoms with van der Waals surface area (Å²) >= 11 is 3.54. The number of nitrogens with zero attached hydrogens (tertiary/aromatic N) is 1. The van der Waals surface area contributed by atoms with Gasteiger partial charge >= 0.3 is 0 Å². The van der Waals surface area contributed by atoms with Crippen molar-refractivity contribution in [3.63, 3.8) is 0 Å². The van der Waals surface area contributed by atoms with E-state index in [4.69, 9.17) is 0 Å². The first-order chi connectivity index (χ1) is 6.72. The minimum absolute atomic E-state index is 1.04. The molecule has 0 amide bonds. The van der Waals surface area contributed by atoms with Gasteiger partial charge < -0.3 is 0 Å². The number of benzene rings is 1. The van der Waals surface area contributed by atoms with E-state index in [1.165, 1.54) is 10.9 Å². The fourth-order valence-corrected chi connectivity index (χ4v) is 2.13. The third-order valence-corrected chi connectivity index (χ3v) is 3.17. The van der Waals surface area contributed by atoms with Crippen molar-refractivity contribution in [3.05, 3.63) is 40.0 Å². The molecule has 0 fully saturated rings. The lowest BCUT2D eigenvalue weighted by Gasteiger charge is -2.06. The highest BCUT2D eigenvalue weighted by Gasteiger charge is 2.03. The van der Waals surface area contributed by atoms with Gasteiger partial charge in [0, 0.05) is 15.6 Å². The standard InChI is InChI=1S/C12H12BrN/c1-3-9-7-10-11(13)5-4-6-12(10)14-8(9)2/h4-7H,3H2,1-2H3. The van der Waals surface area contributed by atoms with Crippen molar-refractivity contribution < 1.29 is 0 Å². The maximum atomic E-state index is 4.58. The average Bonchev–Trinajstić information content (AvgIpc) is 2.17. The second-order valence-electron chi connectivity index (χ2n) is 3.39. The number of aromatic nitrogens is 1. The molecule has 0 aliphatic rings. The Hall–Kier alpha value is -0.890. The summed E-state index contributed by atoms with van der Waals surface area (Å²) in [5.41, 5.74) is 3.52. The summed E-state index contributed by atoms with van der Waals surface area (Å²) in [6.45, 7) is 4.23. The zero-order chi connectivity index (χ0) is 10.1. The first-order valence-corrected chi connectivity index (χ1v) is 5.56. The smallest absolute Gasteiger partial charge is 0.0716 e. The van der Waals surface area contributed by atoms with Crippen LogP contribution in [0.25, 0.3) is 10.9 Å². The van der Waals surface area contributed by atoms with Crippen LogP contribution in [0, 0.1) is 6.92 Å². The quantitative estimate of drug-likeness (QED) is 0.748. The van der Waals surface area contributed by atoms with E-state index in [1.807, 2.05) is 12.1 Å². The lowest BCUT2D eigenvalue weighted by atomic mass is 10.1. The molecular formula is C12H12BrN. The topological polar surface area (TPSA) is 12.9 Å². The maximum Gasteiger partial charge on any atom is 0.0716 e. The zero-order valence-electron chi connectivity index (χ0n) is 8.34. The number of aryl methyl sites for hydroxylation is 2. The van der Waals surface area contributed by atoms with Crippen LogP contribution in [-0.4, -0.2) is 4.98 Å². The van der Waals surface area contributed by atoms with Crippen LogP contribution in [0.15, 0.2) is 28.7 Å². The Morgan fingerprint density at radius 3 is 2.86 bits per heavy atom. The molecule has 0 aliphatic carbocycles. The van der Waals surface area contributed by atoms with E-state index in [1.54, 1.807) is 0 Å². The summed E-state index contributed by atoms with van der Waals surface area (Å²) in [7, 11) is 0. The molecule has 0 saturated heterocycles. The van der Waals surface area contributed by atoms with E-state index in [2.05, 4.69) is 46.9 Å². The molecular weight excluding hydrogens is 238 g/mol. The van der Waals surface area contributed by atoms with Gasteiger partial charge in [-0.1, -0.05) is 28.9 Å². The lowest BCUT2D eigenvalue weighted by molar-refractivity contribution is 1.07. The Balaban J connectivity index is 2.80. The fourth-order valence-electron chi connectivity index (χ4n) is 1.66. The minimum atomic E-state index is 1.04. The molecule has 72 valence electrons. The second-order valence-corrected chi connectivity index (χ2v) is 4.25. The van der Waals surface area contributed by atoms with Crippen LogP contribution < -0.4 is 0 Å². The Kier molecular flexibility index (Phi) is 2.55. The number of hydrogen-bond acceptors (Lipinski definition) is 1. The van der Waals surface area contributed by atoms with E-state index in [-0.39, 0.29) is 0 Å². The number of halogens is 1. The third-order valence-electron chi connectivity index (χ3n) is 2.48. The molecule has 0 spiro atoms. The predicted molar refractivity (Wildman–Crippen MR) is 63.6 cm³/mol. The second kappa shape index (κ2) is 3.70. The van der Waals surface area contributed by atoms with E-state index in [0.717, 1.165) is 22.1 Å². The highest BCUT2D eigenvalue weighted by atomic mass is 79.9. The van der Waals surface area contributed by atoms with Crippen LogP contribution in [0.2, 0.25) is 0 Å². The maximum absolute atomic E-state index is 4.58. The molecule has 0 radical (unpaired) electrons. The molecule has 1 aromatic carbocycles. The Bertz CT molecular complexity index is 477. The minimum Gasteiger partial charge on any atom is -0.253 e. The van der Waals surface area contributed by atoms with Crippen molar-refractivity contribution in [2.24, 2.45) is 0 Å². The van der Waals surface area contributed by atoms with Gasteiger partial charge in [0.15, 0.2) is 0 Å². The van der Waals surface area contributed by atoms with Gasteiger partial charge in [-0.15, -0.1) is 0 Å². The molecule has 2 heteroatoms. The first kappa shape index (κ1) is 9.66. The molecule has 0 N–H and O–H groups in total. The van der Waals surface area contributed by atoms with Crippen LogP contribution in [0.4, 0.5) is 0 Å². The van der Waals surface area contributed by atoms with E-state index in [9.17, 15) is 0 Å². The molecule has 0 aliphatic heterocycles. The highest BCUT2D eigenvalue weighted by molar-refractivity contribution is 9.10. The lowest BCUT2D eigenvalue weighted by Crippen LogP contribution is -1.92. The van der Waals surface area contributed by atoms with Gasteiger partial charge in [0.25, 0.3) is 0 Å². The number of hydrogen-bond donors (Lipinski definition) is 0. The van der Waals surface area contributed by atoms with Gasteiger partial charge in [-0.25, -0.2) is 0 Å². The van der Waals surface area contributed by atoms with Crippen LogP contribution in [0.5, 0.6) is 0 Å². The van der Waals surface area contributed by atoms with Crippen molar-refractivity contribution in [2.45, 2.75) is 20.3 Å². The number of pyridine rings is 1. The summed E-state index contributed by atoms with van der Waals surface area (Å²) in [6, 6.07) is 8.34. The van der Waals surface area contributed by atoms with Crippen LogP contribution in [-0.2, 0) is 6.42 Å². The molecule has 0 unspecified atom stereocenters. The molecule has 0 saturated carbocycles.